The Morgan fingerprint density at radius 3 is 2.44 bits per heavy atom. The fraction of sp³-hybridized carbons (Fsp3) is 0.750. The van der Waals surface area contributed by atoms with Crippen LogP contribution in [0, 0.1) is 11.3 Å². The second-order valence-corrected chi connectivity index (χ2v) is 9.81. The molecule has 0 aliphatic heterocycles. The van der Waals surface area contributed by atoms with Crippen molar-refractivity contribution in [2.24, 2.45) is 11.3 Å². The Hall–Kier alpha value is -0.900. The first kappa shape index (κ1) is 20.8. The van der Waals surface area contributed by atoms with Crippen LogP contribution in [0.25, 0.3) is 0 Å². The van der Waals surface area contributed by atoms with E-state index >= 15 is 0 Å². The van der Waals surface area contributed by atoms with Crippen LogP contribution in [-0.2, 0) is 11.8 Å². The second kappa shape index (κ2) is 8.23. The largest absolute Gasteiger partial charge is 0.395 e. The quantitative estimate of drug-likeness (QED) is 0.756. The van der Waals surface area contributed by atoms with Gasteiger partial charge in [-0.15, -0.1) is 0 Å². The summed E-state index contributed by atoms with van der Waals surface area (Å²) in [7, 11) is 0. The predicted octanol–water partition coefficient (Wildman–Crippen LogP) is 4.11. The summed E-state index contributed by atoms with van der Waals surface area (Å²) in [4.78, 5) is 2.27. The van der Waals surface area contributed by atoms with Crippen molar-refractivity contribution in [3.63, 3.8) is 0 Å². The Bertz CT molecular complexity index is 637. The molecule has 2 N–H and O–H groups in total. The van der Waals surface area contributed by atoms with E-state index in [4.69, 9.17) is 0 Å². The summed E-state index contributed by atoms with van der Waals surface area (Å²) < 4.78 is 0. The summed E-state index contributed by atoms with van der Waals surface area (Å²) in [5.74, 6) is 1.25. The topological polar surface area (TPSA) is 43.7 Å². The smallest absolute Gasteiger partial charge is 0.0558 e. The van der Waals surface area contributed by atoms with Crippen molar-refractivity contribution in [1.82, 2.24) is 4.90 Å². The maximum Gasteiger partial charge on any atom is 0.0558 e. The maximum absolute atomic E-state index is 9.44. The van der Waals surface area contributed by atoms with E-state index in [1.165, 1.54) is 37.7 Å². The van der Waals surface area contributed by atoms with Crippen molar-refractivity contribution in [3.05, 3.63) is 34.9 Å². The van der Waals surface area contributed by atoms with Crippen LogP contribution in [0.15, 0.2) is 18.2 Å². The SMILES string of the molecule is CC(C)c1ccc2c(c1)CC[C@H]1[C@@](C)(CN(CCO)CCO)CCC[C@]21C. The zero-order valence-corrected chi connectivity index (χ0v) is 17.8. The molecule has 3 atom stereocenters. The molecule has 3 heteroatoms. The number of rotatable bonds is 7. The summed E-state index contributed by atoms with van der Waals surface area (Å²) in [6.07, 6.45) is 6.24. The number of hydrogen-bond acceptors (Lipinski definition) is 3. The standard InChI is InChI=1S/C24H39NO2/c1-18(2)19-6-8-21-20(16-19)7-9-22-23(3,10-5-11-24(21,22)4)17-25(12-14-26)13-15-27/h6,8,16,18,22,26-27H,5,7,9-15,17H2,1-4H3/t22-,23+,24+/m0/s1. The number of aliphatic hydroxyl groups excluding tert-OH is 2. The van der Waals surface area contributed by atoms with Gasteiger partial charge in [-0.3, -0.25) is 4.90 Å². The van der Waals surface area contributed by atoms with Crippen molar-refractivity contribution >= 4 is 0 Å². The Kier molecular flexibility index (Phi) is 6.34. The molecule has 2 aliphatic carbocycles. The summed E-state index contributed by atoms with van der Waals surface area (Å²) in [5.41, 5.74) is 5.12. The number of hydrogen-bond donors (Lipinski definition) is 2. The highest BCUT2D eigenvalue weighted by Crippen LogP contribution is 2.57. The fourth-order valence-corrected chi connectivity index (χ4v) is 6.26. The molecule has 1 fully saturated rings. The molecule has 0 aromatic heterocycles. The second-order valence-electron chi connectivity index (χ2n) is 9.81. The first-order valence-electron chi connectivity index (χ1n) is 10.9. The highest BCUT2D eigenvalue weighted by atomic mass is 16.3. The van der Waals surface area contributed by atoms with E-state index in [0.29, 0.717) is 24.9 Å². The zero-order chi connectivity index (χ0) is 19.7. The lowest BCUT2D eigenvalue weighted by Crippen LogP contribution is -2.53. The average Bonchev–Trinajstić information content (AvgIpc) is 2.61. The van der Waals surface area contributed by atoms with E-state index in [1.807, 2.05) is 0 Å². The molecule has 0 spiro atoms. The van der Waals surface area contributed by atoms with Gasteiger partial charge in [0.15, 0.2) is 0 Å². The van der Waals surface area contributed by atoms with E-state index < -0.39 is 0 Å². The summed E-state index contributed by atoms with van der Waals surface area (Å²) in [6.45, 7) is 12.2. The van der Waals surface area contributed by atoms with Crippen LogP contribution in [0.3, 0.4) is 0 Å². The molecule has 1 saturated carbocycles. The van der Waals surface area contributed by atoms with Crippen LogP contribution >= 0.6 is 0 Å². The van der Waals surface area contributed by atoms with Gasteiger partial charge in [-0.2, -0.15) is 0 Å². The number of aryl methyl sites for hydroxylation is 1. The molecule has 0 amide bonds. The van der Waals surface area contributed by atoms with Gasteiger partial charge in [-0.05, 0) is 65.0 Å². The molecule has 0 bridgehead atoms. The van der Waals surface area contributed by atoms with E-state index in [1.54, 1.807) is 11.1 Å². The van der Waals surface area contributed by atoms with Crippen LogP contribution in [-0.4, -0.2) is 48.0 Å². The predicted molar refractivity (Wildman–Crippen MR) is 112 cm³/mol. The first-order valence-corrected chi connectivity index (χ1v) is 10.9. The average molecular weight is 374 g/mol. The van der Waals surface area contributed by atoms with Gasteiger partial charge in [-0.1, -0.05) is 52.3 Å². The Morgan fingerprint density at radius 2 is 1.81 bits per heavy atom. The van der Waals surface area contributed by atoms with E-state index in [2.05, 4.69) is 50.8 Å². The summed E-state index contributed by atoms with van der Waals surface area (Å²) in [6, 6.07) is 7.26. The highest BCUT2D eigenvalue weighted by Gasteiger charge is 2.51. The van der Waals surface area contributed by atoms with Crippen molar-refractivity contribution in [3.8, 4) is 0 Å². The molecular weight excluding hydrogens is 334 g/mol. The number of benzene rings is 1. The molecule has 3 rings (SSSR count). The lowest BCUT2D eigenvalue weighted by Gasteiger charge is -2.56. The van der Waals surface area contributed by atoms with Crippen LogP contribution in [0.1, 0.15) is 76.0 Å². The van der Waals surface area contributed by atoms with Crippen LogP contribution in [0.5, 0.6) is 0 Å². The lowest BCUT2D eigenvalue weighted by atomic mass is 9.49. The maximum atomic E-state index is 9.44. The Labute approximate surface area is 165 Å². The fourth-order valence-electron chi connectivity index (χ4n) is 6.26. The van der Waals surface area contributed by atoms with Gasteiger partial charge in [0.05, 0.1) is 13.2 Å². The van der Waals surface area contributed by atoms with Crippen molar-refractivity contribution in [2.45, 2.75) is 71.1 Å². The summed E-state index contributed by atoms with van der Waals surface area (Å²) in [5, 5.41) is 18.9. The lowest BCUT2D eigenvalue weighted by molar-refractivity contribution is -0.00920. The van der Waals surface area contributed by atoms with Gasteiger partial charge < -0.3 is 10.2 Å². The third-order valence-corrected chi connectivity index (χ3v) is 7.59. The molecule has 27 heavy (non-hydrogen) atoms. The van der Waals surface area contributed by atoms with Crippen LogP contribution in [0.2, 0.25) is 0 Å². The molecule has 0 saturated heterocycles. The first-order chi connectivity index (χ1) is 12.8. The molecular formula is C24H39NO2. The van der Waals surface area contributed by atoms with Crippen LogP contribution in [0.4, 0.5) is 0 Å². The monoisotopic (exact) mass is 373 g/mol. The van der Waals surface area contributed by atoms with Gasteiger partial charge in [0, 0.05) is 19.6 Å². The molecule has 1 aromatic rings. The van der Waals surface area contributed by atoms with Crippen molar-refractivity contribution in [1.29, 1.82) is 0 Å². The third-order valence-electron chi connectivity index (χ3n) is 7.59. The molecule has 0 heterocycles. The van der Waals surface area contributed by atoms with Gasteiger partial charge in [0.2, 0.25) is 0 Å². The molecule has 152 valence electrons. The molecule has 3 nitrogen and oxygen atoms in total. The molecule has 1 aromatic carbocycles. The van der Waals surface area contributed by atoms with Gasteiger partial charge >= 0.3 is 0 Å². The zero-order valence-electron chi connectivity index (χ0n) is 17.8. The number of nitrogens with zero attached hydrogens (tertiary/aromatic N) is 1. The molecule has 0 radical (unpaired) electrons. The number of aliphatic hydroxyl groups is 2. The molecule has 0 unspecified atom stereocenters. The minimum absolute atomic E-state index is 0.166. The van der Waals surface area contributed by atoms with Gasteiger partial charge in [0.25, 0.3) is 0 Å². The van der Waals surface area contributed by atoms with Gasteiger partial charge in [0.1, 0.15) is 0 Å². The van der Waals surface area contributed by atoms with Crippen molar-refractivity contribution in [2.75, 3.05) is 32.8 Å². The summed E-state index contributed by atoms with van der Waals surface area (Å²) >= 11 is 0. The van der Waals surface area contributed by atoms with Crippen LogP contribution < -0.4 is 0 Å². The van der Waals surface area contributed by atoms with Gasteiger partial charge in [-0.25, -0.2) is 0 Å². The molecule has 2 aliphatic rings. The Balaban J connectivity index is 1.90. The number of fused-ring (bicyclic) bond motifs is 3. The van der Waals surface area contributed by atoms with E-state index in [9.17, 15) is 10.2 Å². The normalized spacial score (nSPS) is 30.4. The van der Waals surface area contributed by atoms with Crippen molar-refractivity contribution < 1.29 is 10.2 Å². The third kappa shape index (κ3) is 3.97. The van der Waals surface area contributed by atoms with E-state index in [0.717, 1.165) is 6.54 Å². The van der Waals surface area contributed by atoms with E-state index in [-0.39, 0.29) is 24.0 Å². The Morgan fingerprint density at radius 1 is 1.11 bits per heavy atom. The minimum Gasteiger partial charge on any atom is -0.395 e. The highest BCUT2D eigenvalue weighted by molar-refractivity contribution is 5.42. The minimum atomic E-state index is 0.166.